The fourth-order valence-corrected chi connectivity index (χ4v) is 2.88. The molecule has 1 aromatic heterocycles. The minimum Gasteiger partial charge on any atom is -0.290 e. The summed E-state index contributed by atoms with van der Waals surface area (Å²) in [5.74, 6) is -1.54. The molecule has 110 valence electrons. The van der Waals surface area contributed by atoms with E-state index in [0.29, 0.717) is 12.1 Å². The van der Waals surface area contributed by atoms with Crippen molar-refractivity contribution >= 4 is 0 Å². The molecule has 0 unspecified atom stereocenters. The Morgan fingerprint density at radius 1 is 1.29 bits per heavy atom. The van der Waals surface area contributed by atoms with Crippen LogP contribution in [0, 0.1) is 18.6 Å². The number of rotatable bonds is 3. The maximum Gasteiger partial charge on any atom is 0.163 e. The monoisotopic (exact) mass is 289 g/mol. The molecule has 0 saturated carbocycles. The molecule has 0 radical (unpaired) electrons. The van der Waals surface area contributed by atoms with Crippen molar-refractivity contribution in [2.45, 2.75) is 32.4 Å². The average molecular weight is 289 g/mol. The molecule has 2 aromatic rings. The Labute approximate surface area is 122 Å². The number of hydrogen-bond acceptors (Lipinski definition) is 3. The van der Waals surface area contributed by atoms with Crippen LogP contribution in [0.1, 0.15) is 35.8 Å². The summed E-state index contributed by atoms with van der Waals surface area (Å²) < 4.78 is 27.1. The lowest BCUT2D eigenvalue weighted by atomic mass is 10.1. The highest BCUT2D eigenvalue weighted by molar-refractivity contribution is 5.20. The summed E-state index contributed by atoms with van der Waals surface area (Å²) in [6.45, 7) is 3.15. The smallest absolute Gasteiger partial charge is 0.163 e. The third-order valence-electron chi connectivity index (χ3n) is 3.88. The van der Waals surface area contributed by atoms with Gasteiger partial charge in [-0.1, -0.05) is 12.1 Å². The molecule has 0 amide bonds. The van der Waals surface area contributed by atoms with Crippen molar-refractivity contribution in [3.63, 3.8) is 0 Å². The van der Waals surface area contributed by atoms with Crippen molar-refractivity contribution in [3.05, 3.63) is 59.2 Å². The van der Waals surface area contributed by atoms with Gasteiger partial charge in [-0.15, -0.1) is 0 Å². The molecule has 1 aliphatic heterocycles. The number of nitrogens with zero attached hydrogens (tertiary/aromatic N) is 3. The van der Waals surface area contributed by atoms with E-state index in [4.69, 9.17) is 0 Å². The number of likely N-dealkylation sites (tertiary alicyclic amines) is 1. The zero-order chi connectivity index (χ0) is 14.8. The molecule has 1 saturated heterocycles. The average Bonchev–Trinajstić information content (AvgIpc) is 2.92. The summed E-state index contributed by atoms with van der Waals surface area (Å²) in [6, 6.07) is 4.45. The highest BCUT2D eigenvalue weighted by Crippen LogP contribution is 2.32. The Kier molecular flexibility index (Phi) is 3.92. The van der Waals surface area contributed by atoms with E-state index in [9.17, 15) is 8.78 Å². The second kappa shape index (κ2) is 5.85. The number of halogens is 2. The van der Waals surface area contributed by atoms with Crippen LogP contribution in [0.4, 0.5) is 8.78 Å². The maximum atomic E-state index is 13.8. The van der Waals surface area contributed by atoms with Crippen LogP contribution < -0.4 is 0 Å². The van der Waals surface area contributed by atoms with Gasteiger partial charge in [0.2, 0.25) is 0 Å². The topological polar surface area (TPSA) is 29.0 Å². The van der Waals surface area contributed by atoms with E-state index in [0.717, 1.165) is 36.8 Å². The van der Waals surface area contributed by atoms with E-state index in [1.807, 2.05) is 6.92 Å². The van der Waals surface area contributed by atoms with E-state index in [1.54, 1.807) is 24.5 Å². The molecule has 1 fully saturated rings. The first kappa shape index (κ1) is 14.1. The maximum absolute atomic E-state index is 13.8. The van der Waals surface area contributed by atoms with Crippen molar-refractivity contribution in [2.24, 2.45) is 0 Å². The standard InChI is InChI=1S/C16H17F2N3/c1-11-8-19-9-14(20-11)15-6-3-7-21(15)10-12-4-2-5-13(17)16(12)18/h2,4-5,8-9,15H,3,6-7,10H2,1H3/t15-/m1/s1. The Morgan fingerprint density at radius 2 is 2.14 bits per heavy atom. The lowest BCUT2D eigenvalue weighted by Crippen LogP contribution is -2.24. The third kappa shape index (κ3) is 2.93. The lowest BCUT2D eigenvalue weighted by Gasteiger charge is -2.24. The number of hydrogen-bond donors (Lipinski definition) is 0. The van der Waals surface area contributed by atoms with E-state index < -0.39 is 11.6 Å². The van der Waals surface area contributed by atoms with Gasteiger partial charge in [-0.05, 0) is 32.4 Å². The van der Waals surface area contributed by atoms with Gasteiger partial charge in [0.15, 0.2) is 11.6 Å². The van der Waals surface area contributed by atoms with Gasteiger partial charge >= 0.3 is 0 Å². The first-order valence-corrected chi connectivity index (χ1v) is 7.10. The molecule has 0 aliphatic carbocycles. The van der Waals surface area contributed by atoms with Crippen LogP contribution in [0.25, 0.3) is 0 Å². The van der Waals surface area contributed by atoms with Crippen LogP contribution in [-0.2, 0) is 6.54 Å². The molecule has 0 bridgehead atoms. The summed E-state index contributed by atoms with van der Waals surface area (Å²) in [4.78, 5) is 10.8. The molecule has 2 heterocycles. The van der Waals surface area contributed by atoms with Gasteiger partial charge in [-0.3, -0.25) is 14.9 Å². The molecule has 1 aliphatic rings. The van der Waals surface area contributed by atoms with Crippen LogP contribution in [0.15, 0.2) is 30.6 Å². The quantitative estimate of drug-likeness (QED) is 0.867. The summed E-state index contributed by atoms with van der Waals surface area (Å²) in [6.07, 6.45) is 5.47. The van der Waals surface area contributed by atoms with Crippen molar-refractivity contribution in [3.8, 4) is 0 Å². The van der Waals surface area contributed by atoms with Gasteiger partial charge < -0.3 is 0 Å². The van der Waals surface area contributed by atoms with Crippen LogP contribution in [0.3, 0.4) is 0 Å². The third-order valence-corrected chi connectivity index (χ3v) is 3.88. The second-order valence-corrected chi connectivity index (χ2v) is 5.43. The first-order chi connectivity index (χ1) is 10.1. The Morgan fingerprint density at radius 3 is 2.95 bits per heavy atom. The van der Waals surface area contributed by atoms with Gasteiger partial charge in [0.25, 0.3) is 0 Å². The van der Waals surface area contributed by atoms with Crippen molar-refractivity contribution < 1.29 is 8.78 Å². The number of benzene rings is 1. The molecule has 3 rings (SSSR count). The van der Waals surface area contributed by atoms with Gasteiger partial charge in [-0.2, -0.15) is 0 Å². The van der Waals surface area contributed by atoms with Crippen LogP contribution in [0.5, 0.6) is 0 Å². The van der Waals surface area contributed by atoms with Crippen LogP contribution >= 0.6 is 0 Å². The van der Waals surface area contributed by atoms with Gasteiger partial charge in [0, 0.05) is 24.5 Å². The molecule has 1 aromatic carbocycles. The van der Waals surface area contributed by atoms with E-state index >= 15 is 0 Å². The predicted octanol–water partition coefficient (Wildman–Crippen LogP) is 3.40. The van der Waals surface area contributed by atoms with E-state index in [2.05, 4.69) is 14.9 Å². The summed E-state index contributed by atoms with van der Waals surface area (Å²) in [5, 5.41) is 0. The molecule has 3 nitrogen and oxygen atoms in total. The molecular formula is C16H17F2N3. The fraction of sp³-hybridized carbons (Fsp3) is 0.375. The fourth-order valence-electron chi connectivity index (χ4n) is 2.88. The summed E-state index contributed by atoms with van der Waals surface area (Å²) in [5.41, 5.74) is 2.17. The highest BCUT2D eigenvalue weighted by atomic mass is 19.2. The predicted molar refractivity (Wildman–Crippen MR) is 75.5 cm³/mol. The molecule has 5 heteroatoms. The van der Waals surface area contributed by atoms with Crippen molar-refractivity contribution in [2.75, 3.05) is 6.54 Å². The molecule has 0 N–H and O–H groups in total. The van der Waals surface area contributed by atoms with Gasteiger partial charge in [0.05, 0.1) is 17.4 Å². The molecule has 21 heavy (non-hydrogen) atoms. The normalized spacial score (nSPS) is 19.1. The van der Waals surface area contributed by atoms with Crippen LogP contribution in [0.2, 0.25) is 0 Å². The minimum absolute atomic E-state index is 0.125. The molecule has 1 atom stereocenters. The van der Waals surface area contributed by atoms with Crippen molar-refractivity contribution in [1.82, 2.24) is 14.9 Å². The molecule has 0 spiro atoms. The Balaban J connectivity index is 1.83. The van der Waals surface area contributed by atoms with Crippen LogP contribution in [-0.4, -0.2) is 21.4 Å². The summed E-state index contributed by atoms with van der Waals surface area (Å²) in [7, 11) is 0. The Hall–Kier alpha value is -1.88. The lowest BCUT2D eigenvalue weighted by molar-refractivity contribution is 0.239. The SMILES string of the molecule is Cc1cncc([C@H]2CCCN2Cc2cccc(F)c2F)n1. The van der Waals surface area contributed by atoms with Gasteiger partial charge in [-0.25, -0.2) is 8.78 Å². The van der Waals surface area contributed by atoms with Gasteiger partial charge in [0.1, 0.15) is 0 Å². The van der Waals surface area contributed by atoms with E-state index in [-0.39, 0.29) is 6.04 Å². The number of aryl methyl sites for hydroxylation is 1. The second-order valence-electron chi connectivity index (χ2n) is 5.43. The van der Waals surface area contributed by atoms with E-state index in [1.165, 1.54) is 0 Å². The molecular weight excluding hydrogens is 272 g/mol. The largest absolute Gasteiger partial charge is 0.290 e. The number of aromatic nitrogens is 2. The minimum atomic E-state index is -0.793. The van der Waals surface area contributed by atoms with Crippen molar-refractivity contribution in [1.29, 1.82) is 0 Å². The summed E-state index contributed by atoms with van der Waals surface area (Å²) >= 11 is 0. The zero-order valence-electron chi connectivity index (χ0n) is 11.9. The zero-order valence-corrected chi connectivity index (χ0v) is 11.9. The Bertz CT molecular complexity index is 645. The highest BCUT2D eigenvalue weighted by Gasteiger charge is 2.28. The first-order valence-electron chi connectivity index (χ1n) is 7.10.